The van der Waals surface area contributed by atoms with E-state index in [9.17, 15) is 39.2 Å². The zero-order valence-corrected chi connectivity index (χ0v) is 17.1. The van der Waals surface area contributed by atoms with Gasteiger partial charge >= 0.3 is 17.4 Å². The summed E-state index contributed by atoms with van der Waals surface area (Å²) in [5.41, 5.74) is -0.314. The highest BCUT2D eigenvalue weighted by Gasteiger charge is 2.78. The maximum absolute atomic E-state index is 14.0. The molecule has 0 aliphatic carbocycles. The molecule has 1 saturated heterocycles. The molecule has 1 aromatic carbocycles. The maximum atomic E-state index is 14.0. The number of hydrogen-bond donors (Lipinski definition) is 0. The van der Waals surface area contributed by atoms with E-state index in [2.05, 4.69) is 31.9 Å². The zero-order valence-electron chi connectivity index (χ0n) is 13.1. The normalized spacial score (nSPS) is 19.5. The average molecular weight is 552 g/mol. The SMILES string of the molecule is O=S(=O)(c1cc(Br)cc(Br)c1CC1CCOC1)C(F)(F)C(F)(F)C(F)(F)F. The van der Waals surface area contributed by atoms with Crippen molar-refractivity contribution in [2.24, 2.45) is 5.92 Å². The zero-order chi connectivity index (χ0) is 20.8. The number of halogens is 9. The van der Waals surface area contributed by atoms with Gasteiger partial charge in [-0.25, -0.2) is 8.42 Å². The third-order valence-electron chi connectivity index (χ3n) is 3.98. The first kappa shape index (κ1) is 22.9. The lowest BCUT2D eigenvalue weighted by Crippen LogP contribution is -2.56. The lowest BCUT2D eigenvalue weighted by atomic mass is 9.99. The Hall–Kier alpha value is -0.400. The summed E-state index contributed by atoms with van der Waals surface area (Å²) in [5.74, 6) is -7.07. The number of alkyl halides is 7. The van der Waals surface area contributed by atoms with Crippen molar-refractivity contribution >= 4 is 41.7 Å². The van der Waals surface area contributed by atoms with Crippen molar-refractivity contribution < 1.29 is 43.9 Å². The molecule has 1 aliphatic heterocycles. The van der Waals surface area contributed by atoms with Crippen LogP contribution >= 0.6 is 31.9 Å². The molecule has 0 N–H and O–H groups in total. The molecule has 0 bridgehead atoms. The van der Waals surface area contributed by atoms with Gasteiger partial charge in [-0.05, 0) is 36.5 Å². The topological polar surface area (TPSA) is 43.4 Å². The highest BCUT2D eigenvalue weighted by Crippen LogP contribution is 2.51. The van der Waals surface area contributed by atoms with Crippen LogP contribution in [0.15, 0.2) is 26.0 Å². The highest BCUT2D eigenvalue weighted by atomic mass is 79.9. The lowest BCUT2D eigenvalue weighted by molar-refractivity contribution is -0.332. The van der Waals surface area contributed by atoms with E-state index in [0.717, 1.165) is 0 Å². The van der Waals surface area contributed by atoms with Gasteiger partial charge in [-0.3, -0.25) is 0 Å². The second-order valence-corrected chi connectivity index (χ2v) is 9.62. The van der Waals surface area contributed by atoms with E-state index in [4.69, 9.17) is 4.74 Å². The first-order chi connectivity index (χ1) is 12.1. The van der Waals surface area contributed by atoms with Gasteiger partial charge in [0.2, 0.25) is 0 Å². The Labute approximate surface area is 166 Å². The Morgan fingerprint density at radius 2 is 1.67 bits per heavy atom. The van der Waals surface area contributed by atoms with Crippen LogP contribution in [0.4, 0.5) is 30.7 Å². The van der Waals surface area contributed by atoms with Crippen LogP contribution in [0.25, 0.3) is 0 Å². The fraction of sp³-hybridized carbons (Fsp3) is 0.571. The Morgan fingerprint density at radius 1 is 1.07 bits per heavy atom. The minimum absolute atomic E-state index is 0.0199. The quantitative estimate of drug-likeness (QED) is 0.463. The van der Waals surface area contributed by atoms with E-state index in [1.807, 2.05) is 0 Å². The van der Waals surface area contributed by atoms with E-state index < -0.39 is 32.1 Å². The third kappa shape index (κ3) is 4.01. The van der Waals surface area contributed by atoms with E-state index in [1.54, 1.807) is 0 Å². The fourth-order valence-corrected chi connectivity index (χ4v) is 5.72. The molecule has 0 amide bonds. The lowest BCUT2D eigenvalue weighted by Gasteiger charge is -2.28. The first-order valence-corrected chi connectivity index (χ1v) is 10.3. The summed E-state index contributed by atoms with van der Waals surface area (Å²) in [4.78, 5) is -1.30. The van der Waals surface area contributed by atoms with Gasteiger partial charge in [-0.2, -0.15) is 30.7 Å². The monoisotopic (exact) mass is 550 g/mol. The van der Waals surface area contributed by atoms with Gasteiger partial charge in [-0.15, -0.1) is 0 Å². The molecule has 0 spiro atoms. The Balaban J connectivity index is 2.64. The van der Waals surface area contributed by atoms with Crippen molar-refractivity contribution in [1.29, 1.82) is 0 Å². The molecular weight excluding hydrogens is 541 g/mol. The minimum atomic E-state index is -6.78. The summed E-state index contributed by atoms with van der Waals surface area (Å²) in [5, 5.41) is -6.40. The number of rotatable bonds is 5. The van der Waals surface area contributed by atoms with E-state index in [0.29, 0.717) is 19.1 Å². The molecule has 13 heteroatoms. The van der Waals surface area contributed by atoms with Crippen molar-refractivity contribution in [3.8, 4) is 0 Å². The predicted octanol–water partition coefficient (Wildman–Crippen LogP) is 5.35. The molecule has 1 fully saturated rings. The molecule has 0 aromatic heterocycles. The van der Waals surface area contributed by atoms with Crippen molar-refractivity contribution in [1.82, 2.24) is 0 Å². The van der Waals surface area contributed by atoms with Crippen molar-refractivity contribution in [3.05, 3.63) is 26.6 Å². The van der Waals surface area contributed by atoms with Gasteiger partial charge in [0, 0.05) is 22.2 Å². The molecule has 154 valence electrons. The fourth-order valence-electron chi connectivity index (χ4n) is 2.52. The molecule has 0 radical (unpaired) electrons. The Kier molecular flexibility index (Phi) is 6.31. The van der Waals surface area contributed by atoms with Crippen LogP contribution < -0.4 is 0 Å². The van der Waals surface area contributed by atoms with E-state index >= 15 is 0 Å². The average Bonchev–Trinajstić information content (AvgIpc) is 3.01. The minimum Gasteiger partial charge on any atom is -0.381 e. The smallest absolute Gasteiger partial charge is 0.381 e. The highest BCUT2D eigenvalue weighted by molar-refractivity contribution is 9.11. The van der Waals surface area contributed by atoms with Crippen molar-refractivity contribution in [2.45, 2.75) is 35.1 Å². The summed E-state index contributed by atoms with van der Waals surface area (Å²) in [6, 6.07) is 1.87. The maximum Gasteiger partial charge on any atom is 0.461 e. The molecule has 1 aromatic rings. The summed E-state index contributed by atoms with van der Waals surface area (Å²) in [6.45, 7) is 0.514. The number of hydrogen-bond acceptors (Lipinski definition) is 3. The van der Waals surface area contributed by atoms with Gasteiger partial charge in [-0.1, -0.05) is 31.9 Å². The van der Waals surface area contributed by atoms with Crippen LogP contribution in [0.5, 0.6) is 0 Å². The van der Waals surface area contributed by atoms with Crippen molar-refractivity contribution in [2.75, 3.05) is 13.2 Å². The third-order valence-corrected chi connectivity index (χ3v) is 7.02. The van der Waals surface area contributed by atoms with Crippen LogP contribution in [0.1, 0.15) is 12.0 Å². The molecule has 1 atom stereocenters. The van der Waals surface area contributed by atoms with Crippen LogP contribution in [-0.4, -0.2) is 39.0 Å². The first-order valence-electron chi connectivity index (χ1n) is 7.25. The largest absolute Gasteiger partial charge is 0.461 e. The summed E-state index contributed by atoms with van der Waals surface area (Å²) >= 11 is 5.80. The van der Waals surface area contributed by atoms with E-state index in [-0.39, 0.29) is 33.5 Å². The molecule has 3 nitrogen and oxygen atoms in total. The standard InChI is InChI=1S/C14H11Br2F7O3S/c15-8-4-10(16)9(3-7-1-2-26-6-7)11(5-8)27(24,25)14(22,23)12(17,18)13(19,20)21/h4-5,7H,1-3,6H2. The van der Waals surface area contributed by atoms with Crippen LogP contribution in [0.3, 0.4) is 0 Å². The molecule has 27 heavy (non-hydrogen) atoms. The molecule has 1 heterocycles. The Bertz CT molecular complexity index is 819. The summed E-state index contributed by atoms with van der Waals surface area (Å²) in [7, 11) is -6.40. The van der Waals surface area contributed by atoms with Gasteiger partial charge < -0.3 is 4.74 Å². The molecular formula is C14H11Br2F7O3S. The van der Waals surface area contributed by atoms with Crippen LogP contribution in [0.2, 0.25) is 0 Å². The Morgan fingerprint density at radius 3 is 2.15 bits per heavy atom. The number of benzene rings is 1. The van der Waals surface area contributed by atoms with Gasteiger partial charge in [0.15, 0.2) is 0 Å². The molecule has 1 unspecified atom stereocenters. The second-order valence-electron chi connectivity index (χ2n) is 5.89. The molecule has 1 aliphatic rings. The second kappa shape index (κ2) is 7.45. The van der Waals surface area contributed by atoms with Gasteiger partial charge in [0.25, 0.3) is 9.84 Å². The van der Waals surface area contributed by atoms with Gasteiger partial charge in [0.1, 0.15) is 0 Å². The summed E-state index contributed by atoms with van der Waals surface area (Å²) in [6.07, 6.45) is -6.46. The van der Waals surface area contributed by atoms with E-state index in [1.165, 1.54) is 6.07 Å². The van der Waals surface area contributed by atoms with Crippen LogP contribution in [-0.2, 0) is 21.0 Å². The predicted molar refractivity (Wildman–Crippen MR) is 87.6 cm³/mol. The van der Waals surface area contributed by atoms with Crippen molar-refractivity contribution in [3.63, 3.8) is 0 Å². The molecule has 0 saturated carbocycles. The van der Waals surface area contributed by atoms with Crippen LogP contribution in [0, 0.1) is 5.92 Å². The number of sulfone groups is 1. The molecule has 2 rings (SSSR count). The summed E-state index contributed by atoms with van der Waals surface area (Å²) < 4.78 is 121. The number of ether oxygens (including phenoxy) is 1. The van der Waals surface area contributed by atoms with Gasteiger partial charge in [0.05, 0.1) is 4.90 Å².